The minimum atomic E-state index is 1.27. The van der Waals surface area contributed by atoms with Crippen LogP contribution in [-0.2, 0) is 7.05 Å². The topological polar surface area (TPSA) is 4.93 Å². The van der Waals surface area contributed by atoms with E-state index in [4.69, 9.17) is 0 Å². The second-order valence-electron chi connectivity index (χ2n) is 4.28. The summed E-state index contributed by atoms with van der Waals surface area (Å²) in [5.74, 6) is 2.21. The van der Waals surface area contributed by atoms with Crippen LogP contribution >= 0.6 is 8.19 Å². The number of aryl methyl sites for hydroxylation is 1. The van der Waals surface area contributed by atoms with Crippen molar-refractivity contribution in [2.24, 2.45) is 7.05 Å². The van der Waals surface area contributed by atoms with Crippen LogP contribution in [0.1, 0.15) is 0 Å². The molecule has 3 rings (SSSR count). The Balaban J connectivity index is 2.19. The van der Waals surface area contributed by atoms with Gasteiger partial charge in [0.1, 0.15) is 0 Å². The van der Waals surface area contributed by atoms with E-state index in [1.54, 1.807) is 0 Å². The lowest BCUT2D eigenvalue weighted by molar-refractivity contribution is 0.944. The first-order chi connectivity index (χ1) is 8.86. The lowest BCUT2D eigenvalue weighted by Crippen LogP contribution is -1.91. The van der Waals surface area contributed by atoms with E-state index in [-0.39, 0.29) is 0 Å². The lowest BCUT2D eigenvalue weighted by Gasteiger charge is -2.07. The molecule has 2 heteroatoms. The van der Waals surface area contributed by atoms with E-state index in [1.165, 1.54) is 30.3 Å². The van der Waals surface area contributed by atoms with E-state index in [1.807, 2.05) is 0 Å². The van der Waals surface area contributed by atoms with Gasteiger partial charge in [-0.1, -0.05) is 60.7 Å². The largest absolute Gasteiger partial charge is 0.346 e. The number of nitrogens with zero attached hydrogens (tertiary/aromatic N) is 1. The number of hydrogen-bond acceptors (Lipinski definition) is 0. The molecular weight excluding hydrogens is 237 g/mol. The summed E-state index contributed by atoms with van der Waals surface area (Å²) in [5, 5.41) is 1.38. The van der Waals surface area contributed by atoms with E-state index in [9.17, 15) is 0 Å². The second-order valence-corrected chi connectivity index (χ2v) is 5.22. The van der Waals surface area contributed by atoms with Crippen molar-refractivity contribution in [3.05, 3.63) is 66.6 Å². The SMILES string of the molecule is Cn1cpc(-c2ccccc2)c1-c1ccccc1. The van der Waals surface area contributed by atoms with Crippen LogP contribution in [0.4, 0.5) is 0 Å². The van der Waals surface area contributed by atoms with Gasteiger partial charge in [0.15, 0.2) is 0 Å². The molecular formula is C16H14NP. The quantitative estimate of drug-likeness (QED) is 0.608. The third-order valence-corrected chi connectivity index (χ3v) is 4.22. The van der Waals surface area contributed by atoms with Crippen molar-refractivity contribution in [3.8, 4) is 22.1 Å². The van der Waals surface area contributed by atoms with Gasteiger partial charge in [0.25, 0.3) is 0 Å². The van der Waals surface area contributed by atoms with Gasteiger partial charge in [0, 0.05) is 18.3 Å². The Bertz CT molecular complexity index is 641. The smallest absolute Gasteiger partial charge is 0.0606 e. The van der Waals surface area contributed by atoms with Crippen molar-refractivity contribution in [1.29, 1.82) is 0 Å². The van der Waals surface area contributed by atoms with Crippen LogP contribution in [0.2, 0.25) is 0 Å². The molecule has 0 fully saturated rings. The zero-order valence-electron chi connectivity index (χ0n) is 10.2. The van der Waals surface area contributed by atoms with Gasteiger partial charge in [0.05, 0.1) is 5.69 Å². The summed E-state index contributed by atoms with van der Waals surface area (Å²) in [6.07, 6.45) is 0. The number of hydrogen-bond donors (Lipinski definition) is 0. The molecule has 0 saturated carbocycles. The Kier molecular flexibility index (Phi) is 3.00. The molecule has 0 radical (unpaired) electrons. The fraction of sp³-hybridized carbons (Fsp3) is 0.0625. The van der Waals surface area contributed by atoms with Crippen LogP contribution in [0.5, 0.6) is 0 Å². The molecule has 0 saturated heterocycles. The molecule has 0 aliphatic carbocycles. The summed E-state index contributed by atoms with van der Waals surface area (Å²) in [7, 11) is 3.38. The highest BCUT2D eigenvalue weighted by molar-refractivity contribution is 7.33. The Morgan fingerprint density at radius 1 is 0.778 bits per heavy atom. The summed E-state index contributed by atoms with van der Waals surface area (Å²) in [4.78, 5) is 0. The van der Waals surface area contributed by atoms with E-state index in [2.05, 4.69) is 78.2 Å². The van der Waals surface area contributed by atoms with Gasteiger partial charge in [-0.3, -0.25) is 0 Å². The van der Waals surface area contributed by atoms with Crippen molar-refractivity contribution >= 4 is 8.19 Å². The molecule has 0 bridgehead atoms. The van der Waals surface area contributed by atoms with Crippen molar-refractivity contribution < 1.29 is 0 Å². The Morgan fingerprint density at radius 3 is 1.94 bits per heavy atom. The van der Waals surface area contributed by atoms with Gasteiger partial charge in [-0.2, -0.15) is 0 Å². The predicted molar refractivity (Wildman–Crippen MR) is 78.8 cm³/mol. The normalized spacial score (nSPS) is 10.9. The molecule has 1 aromatic heterocycles. The van der Waals surface area contributed by atoms with Crippen molar-refractivity contribution in [1.82, 2.24) is 4.57 Å². The van der Waals surface area contributed by atoms with Crippen LogP contribution in [0.15, 0.2) is 66.6 Å². The first kappa shape index (κ1) is 11.3. The van der Waals surface area contributed by atoms with Gasteiger partial charge in [-0.15, -0.1) is 0 Å². The van der Waals surface area contributed by atoms with Crippen molar-refractivity contribution in [2.45, 2.75) is 0 Å². The summed E-state index contributed by atoms with van der Waals surface area (Å²) in [5.41, 5.74) is 3.89. The second kappa shape index (κ2) is 4.80. The van der Waals surface area contributed by atoms with Crippen LogP contribution in [0.3, 0.4) is 0 Å². The van der Waals surface area contributed by atoms with Crippen LogP contribution in [0.25, 0.3) is 22.1 Å². The maximum Gasteiger partial charge on any atom is 0.0606 e. The van der Waals surface area contributed by atoms with Crippen molar-refractivity contribution in [2.75, 3.05) is 0 Å². The van der Waals surface area contributed by atoms with Crippen molar-refractivity contribution in [3.63, 3.8) is 0 Å². The van der Waals surface area contributed by atoms with Crippen LogP contribution in [-0.4, -0.2) is 4.57 Å². The molecule has 0 N–H and O–H groups in total. The molecule has 0 aliphatic rings. The number of rotatable bonds is 2. The first-order valence-electron chi connectivity index (χ1n) is 5.98. The molecule has 0 aliphatic heterocycles. The average Bonchev–Trinajstić information content (AvgIpc) is 2.83. The lowest BCUT2D eigenvalue weighted by atomic mass is 10.1. The van der Waals surface area contributed by atoms with Gasteiger partial charge in [-0.25, -0.2) is 0 Å². The molecule has 2 aromatic carbocycles. The summed E-state index contributed by atoms with van der Waals surface area (Å²) in [6.45, 7) is 0. The Morgan fingerprint density at radius 2 is 1.33 bits per heavy atom. The van der Waals surface area contributed by atoms with Crippen LogP contribution in [0, 0.1) is 0 Å². The van der Waals surface area contributed by atoms with Gasteiger partial charge >= 0.3 is 0 Å². The van der Waals surface area contributed by atoms with E-state index >= 15 is 0 Å². The molecule has 3 aromatic rings. The summed E-state index contributed by atoms with van der Waals surface area (Å²) < 4.78 is 2.22. The zero-order valence-corrected chi connectivity index (χ0v) is 11.1. The van der Waals surface area contributed by atoms with E-state index in [0.717, 1.165) is 0 Å². The standard InChI is InChI=1S/C16H14NP/c1-17-12-18-16(14-10-6-3-7-11-14)15(17)13-8-4-2-5-9-13/h2-12H,1H3. The molecule has 1 heterocycles. The third-order valence-electron chi connectivity index (χ3n) is 3.03. The molecule has 88 valence electrons. The average molecular weight is 251 g/mol. The van der Waals surface area contributed by atoms with E-state index in [0.29, 0.717) is 0 Å². The van der Waals surface area contributed by atoms with Gasteiger partial charge in [-0.05, 0) is 19.3 Å². The monoisotopic (exact) mass is 251 g/mol. The Hall–Kier alpha value is -1.85. The molecule has 0 spiro atoms. The maximum absolute atomic E-state index is 2.22. The highest BCUT2D eigenvalue weighted by Gasteiger charge is 2.11. The molecule has 0 unspecified atom stereocenters. The molecule has 0 atom stereocenters. The van der Waals surface area contributed by atoms with Gasteiger partial charge in [0.2, 0.25) is 0 Å². The zero-order chi connectivity index (χ0) is 12.4. The van der Waals surface area contributed by atoms with E-state index < -0.39 is 0 Å². The highest BCUT2D eigenvalue weighted by atomic mass is 31.0. The fourth-order valence-corrected chi connectivity index (χ4v) is 3.29. The number of benzene rings is 2. The third kappa shape index (κ3) is 1.98. The van der Waals surface area contributed by atoms with Crippen LogP contribution < -0.4 is 0 Å². The molecule has 0 amide bonds. The highest BCUT2D eigenvalue weighted by Crippen LogP contribution is 2.38. The molecule has 18 heavy (non-hydrogen) atoms. The Labute approximate surface area is 109 Å². The molecule has 1 nitrogen and oxygen atoms in total. The summed E-state index contributed by atoms with van der Waals surface area (Å²) >= 11 is 0. The fourth-order valence-electron chi connectivity index (χ4n) is 2.17. The number of aromatic nitrogens is 1. The minimum absolute atomic E-state index is 1.27. The summed E-state index contributed by atoms with van der Waals surface area (Å²) in [6, 6.07) is 21.2. The minimum Gasteiger partial charge on any atom is -0.346 e. The maximum atomic E-state index is 2.22. The predicted octanol–water partition coefficient (Wildman–Crippen LogP) is 4.94. The van der Waals surface area contributed by atoms with Gasteiger partial charge < -0.3 is 4.57 Å². The first-order valence-corrected chi connectivity index (χ1v) is 6.95.